The predicted octanol–water partition coefficient (Wildman–Crippen LogP) is 3.59. The summed E-state index contributed by atoms with van der Waals surface area (Å²) in [7, 11) is 1.87. The maximum atomic E-state index is 13.2. The van der Waals surface area contributed by atoms with Crippen LogP contribution in [0.5, 0.6) is 0 Å². The van der Waals surface area contributed by atoms with Crippen LogP contribution in [-0.2, 0) is 7.05 Å². The number of nitrogens with zero attached hydrogens (tertiary/aromatic N) is 3. The fraction of sp³-hybridized carbons (Fsp3) is 0.600. The molecule has 0 bridgehead atoms. The number of fused-ring (bicyclic) bond motifs is 1. The average molecular weight is 294 g/mol. The number of aromatic nitrogens is 3. The molecule has 1 aliphatic carbocycles. The zero-order valence-corrected chi connectivity index (χ0v) is 12.3. The Balaban J connectivity index is 1.73. The van der Waals surface area contributed by atoms with Crippen LogP contribution in [0, 0.1) is 5.92 Å². The summed E-state index contributed by atoms with van der Waals surface area (Å²) in [4.78, 5) is 4.35. The van der Waals surface area contributed by atoms with Gasteiger partial charge in [0.2, 0.25) is 5.92 Å². The molecule has 2 heterocycles. The number of hydrogen-bond acceptors (Lipinski definition) is 3. The summed E-state index contributed by atoms with van der Waals surface area (Å²) in [5.74, 6) is -1.49. The van der Waals surface area contributed by atoms with E-state index in [4.69, 9.17) is 0 Å². The van der Waals surface area contributed by atoms with Crippen LogP contribution in [0.25, 0.3) is 10.9 Å². The molecule has 0 spiro atoms. The standard InChI is InChI=1S/C15H20F2N4/c1-10(11-3-6-15(16,17)7-4-11)19-14-13-12(5-8-18-14)9-21(2)20-13/h5,8-11H,3-4,6-7H2,1-2H3,(H,18,19). The number of pyridine rings is 1. The van der Waals surface area contributed by atoms with Gasteiger partial charge < -0.3 is 5.32 Å². The van der Waals surface area contributed by atoms with Gasteiger partial charge in [-0.3, -0.25) is 4.68 Å². The van der Waals surface area contributed by atoms with Gasteiger partial charge in [-0.2, -0.15) is 5.10 Å². The molecular formula is C15H20F2N4. The lowest BCUT2D eigenvalue weighted by molar-refractivity contribution is -0.0469. The molecule has 21 heavy (non-hydrogen) atoms. The van der Waals surface area contributed by atoms with Gasteiger partial charge in [-0.05, 0) is 31.7 Å². The van der Waals surface area contributed by atoms with E-state index in [0.717, 1.165) is 16.7 Å². The number of anilines is 1. The van der Waals surface area contributed by atoms with Crippen LogP contribution in [0.3, 0.4) is 0 Å². The third-order valence-corrected chi connectivity index (χ3v) is 4.37. The largest absolute Gasteiger partial charge is 0.365 e. The number of halogens is 2. The van der Waals surface area contributed by atoms with Gasteiger partial charge in [0.1, 0.15) is 5.52 Å². The highest BCUT2D eigenvalue weighted by Crippen LogP contribution is 2.38. The maximum absolute atomic E-state index is 13.2. The van der Waals surface area contributed by atoms with E-state index in [1.54, 1.807) is 10.9 Å². The first-order chi connectivity index (χ1) is 9.94. The Morgan fingerprint density at radius 3 is 2.81 bits per heavy atom. The summed E-state index contributed by atoms with van der Waals surface area (Å²) < 4.78 is 28.2. The van der Waals surface area contributed by atoms with E-state index in [0.29, 0.717) is 12.8 Å². The SMILES string of the molecule is CC(Nc1nccc2cn(C)nc12)C1CCC(F)(F)CC1. The van der Waals surface area contributed by atoms with Crippen molar-refractivity contribution < 1.29 is 8.78 Å². The molecule has 114 valence electrons. The minimum absolute atomic E-state index is 0.00903. The number of alkyl halides is 2. The summed E-state index contributed by atoms with van der Waals surface area (Å²) in [5.41, 5.74) is 0.827. The summed E-state index contributed by atoms with van der Waals surface area (Å²) in [5, 5.41) is 8.79. The molecule has 0 amide bonds. The molecule has 0 aromatic carbocycles. The topological polar surface area (TPSA) is 42.7 Å². The molecule has 1 atom stereocenters. The Hall–Kier alpha value is -1.72. The quantitative estimate of drug-likeness (QED) is 0.940. The maximum Gasteiger partial charge on any atom is 0.248 e. The zero-order chi connectivity index (χ0) is 15.0. The number of hydrogen-bond donors (Lipinski definition) is 1. The molecular weight excluding hydrogens is 274 g/mol. The first-order valence-corrected chi connectivity index (χ1v) is 7.37. The second-order valence-electron chi connectivity index (χ2n) is 6.03. The van der Waals surface area contributed by atoms with Crippen molar-refractivity contribution >= 4 is 16.7 Å². The van der Waals surface area contributed by atoms with E-state index >= 15 is 0 Å². The molecule has 1 aliphatic rings. The van der Waals surface area contributed by atoms with E-state index < -0.39 is 5.92 Å². The van der Waals surface area contributed by atoms with Crippen LogP contribution in [-0.4, -0.2) is 26.7 Å². The molecule has 1 unspecified atom stereocenters. The first-order valence-electron chi connectivity index (χ1n) is 7.37. The lowest BCUT2D eigenvalue weighted by Gasteiger charge is -2.32. The lowest BCUT2D eigenvalue weighted by atomic mass is 9.82. The van der Waals surface area contributed by atoms with Crippen molar-refractivity contribution in [3.05, 3.63) is 18.5 Å². The third kappa shape index (κ3) is 2.99. The van der Waals surface area contributed by atoms with Crippen LogP contribution >= 0.6 is 0 Å². The van der Waals surface area contributed by atoms with Gasteiger partial charge in [-0.15, -0.1) is 0 Å². The molecule has 1 N–H and O–H groups in total. The molecule has 0 saturated heterocycles. The van der Waals surface area contributed by atoms with Crippen LogP contribution in [0.1, 0.15) is 32.6 Å². The van der Waals surface area contributed by atoms with Crippen LogP contribution in [0.15, 0.2) is 18.5 Å². The first kappa shape index (κ1) is 14.2. The van der Waals surface area contributed by atoms with E-state index in [1.165, 1.54) is 0 Å². The smallest absolute Gasteiger partial charge is 0.248 e. The fourth-order valence-electron chi connectivity index (χ4n) is 3.07. The Bertz CT molecular complexity index is 628. The summed E-state index contributed by atoms with van der Waals surface area (Å²) in [6.45, 7) is 2.04. The van der Waals surface area contributed by atoms with Crippen molar-refractivity contribution in [1.29, 1.82) is 0 Å². The molecule has 3 rings (SSSR count). The molecule has 4 nitrogen and oxygen atoms in total. The zero-order valence-electron chi connectivity index (χ0n) is 12.3. The summed E-state index contributed by atoms with van der Waals surface area (Å²) in [6, 6.07) is 2.03. The Morgan fingerprint density at radius 1 is 1.38 bits per heavy atom. The van der Waals surface area contributed by atoms with Crippen molar-refractivity contribution in [3.8, 4) is 0 Å². The molecule has 1 fully saturated rings. The van der Waals surface area contributed by atoms with Crippen molar-refractivity contribution in [1.82, 2.24) is 14.8 Å². The van der Waals surface area contributed by atoms with Gasteiger partial charge in [0.25, 0.3) is 0 Å². The highest BCUT2D eigenvalue weighted by atomic mass is 19.3. The van der Waals surface area contributed by atoms with Crippen molar-refractivity contribution in [3.63, 3.8) is 0 Å². The van der Waals surface area contributed by atoms with Crippen LogP contribution < -0.4 is 5.32 Å². The molecule has 1 saturated carbocycles. The van der Waals surface area contributed by atoms with Gasteiger partial charge in [-0.1, -0.05) is 0 Å². The normalized spacial score (nSPS) is 20.6. The van der Waals surface area contributed by atoms with Gasteiger partial charge in [0, 0.05) is 43.7 Å². The van der Waals surface area contributed by atoms with Crippen molar-refractivity contribution in [2.45, 2.75) is 44.6 Å². The van der Waals surface area contributed by atoms with Crippen LogP contribution in [0.2, 0.25) is 0 Å². The van der Waals surface area contributed by atoms with Gasteiger partial charge in [0.05, 0.1) is 0 Å². The van der Waals surface area contributed by atoms with Gasteiger partial charge >= 0.3 is 0 Å². The minimum atomic E-state index is -2.48. The van der Waals surface area contributed by atoms with Crippen molar-refractivity contribution in [2.75, 3.05) is 5.32 Å². The number of aryl methyl sites for hydroxylation is 1. The Kier molecular flexibility index (Phi) is 3.55. The molecule has 6 heteroatoms. The van der Waals surface area contributed by atoms with E-state index in [1.807, 2.05) is 26.2 Å². The Labute approximate surface area is 122 Å². The minimum Gasteiger partial charge on any atom is -0.365 e. The van der Waals surface area contributed by atoms with E-state index in [9.17, 15) is 8.78 Å². The summed E-state index contributed by atoms with van der Waals surface area (Å²) >= 11 is 0. The van der Waals surface area contributed by atoms with Gasteiger partial charge in [0.15, 0.2) is 5.82 Å². The molecule has 2 aromatic heterocycles. The Morgan fingerprint density at radius 2 is 2.10 bits per heavy atom. The van der Waals surface area contributed by atoms with E-state index in [-0.39, 0.29) is 24.8 Å². The molecule has 0 aliphatic heterocycles. The molecule has 2 aromatic rings. The summed E-state index contributed by atoms with van der Waals surface area (Å²) in [6.07, 6.45) is 4.77. The average Bonchev–Trinajstić information content (AvgIpc) is 2.80. The second-order valence-corrected chi connectivity index (χ2v) is 6.03. The molecule has 0 radical (unpaired) electrons. The third-order valence-electron chi connectivity index (χ3n) is 4.37. The highest BCUT2D eigenvalue weighted by Gasteiger charge is 2.36. The van der Waals surface area contributed by atoms with Gasteiger partial charge in [-0.25, -0.2) is 13.8 Å². The number of rotatable bonds is 3. The van der Waals surface area contributed by atoms with Crippen molar-refractivity contribution in [2.24, 2.45) is 13.0 Å². The van der Waals surface area contributed by atoms with E-state index in [2.05, 4.69) is 15.4 Å². The lowest BCUT2D eigenvalue weighted by Crippen LogP contribution is -2.33. The second kappa shape index (κ2) is 5.24. The number of nitrogens with one attached hydrogen (secondary N) is 1. The monoisotopic (exact) mass is 294 g/mol. The fourth-order valence-corrected chi connectivity index (χ4v) is 3.07. The highest BCUT2D eigenvalue weighted by molar-refractivity contribution is 5.87. The predicted molar refractivity (Wildman–Crippen MR) is 78.5 cm³/mol. The van der Waals surface area contributed by atoms with Crippen LogP contribution in [0.4, 0.5) is 14.6 Å².